The Morgan fingerprint density at radius 1 is 1.52 bits per heavy atom. The third-order valence-corrected chi connectivity index (χ3v) is 4.67. The van der Waals surface area contributed by atoms with Gasteiger partial charge < -0.3 is 15.0 Å². The van der Waals surface area contributed by atoms with Crippen LogP contribution < -0.4 is 5.32 Å². The van der Waals surface area contributed by atoms with Crippen LogP contribution in [0.25, 0.3) is 0 Å². The molecular formula is C15H24N4O2. The number of carbonyl (C=O) groups excluding carboxylic acids is 1. The maximum atomic E-state index is 13.1. The zero-order valence-corrected chi connectivity index (χ0v) is 12.6. The molecule has 0 radical (unpaired) electrons. The van der Waals surface area contributed by atoms with E-state index in [0.717, 1.165) is 52.1 Å². The van der Waals surface area contributed by atoms with Gasteiger partial charge in [-0.25, -0.2) is 0 Å². The number of ether oxygens (including phenoxy) is 1. The van der Waals surface area contributed by atoms with E-state index in [2.05, 4.69) is 10.4 Å². The Kier molecular flexibility index (Phi) is 4.26. The average molecular weight is 292 g/mol. The van der Waals surface area contributed by atoms with Crippen LogP contribution in [0.4, 0.5) is 0 Å². The number of nitrogens with zero attached hydrogens (tertiary/aromatic N) is 3. The van der Waals surface area contributed by atoms with Crippen molar-refractivity contribution < 1.29 is 9.53 Å². The van der Waals surface area contributed by atoms with Crippen molar-refractivity contribution in [1.82, 2.24) is 20.0 Å². The number of nitrogens with one attached hydrogen (secondary N) is 1. The topological polar surface area (TPSA) is 59.4 Å². The molecular weight excluding hydrogens is 268 g/mol. The minimum atomic E-state index is -0.525. The first-order valence-electron chi connectivity index (χ1n) is 7.76. The number of amides is 1. The first-order valence-corrected chi connectivity index (χ1v) is 7.76. The van der Waals surface area contributed by atoms with Gasteiger partial charge in [0.05, 0.1) is 6.61 Å². The zero-order chi connectivity index (χ0) is 14.7. The summed E-state index contributed by atoms with van der Waals surface area (Å²) in [6.45, 7) is 4.07. The average Bonchev–Trinajstić information content (AvgIpc) is 3.20. The largest absolute Gasteiger partial charge is 0.381 e. The fraction of sp³-hybridized carbons (Fsp3) is 0.733. The van der Waals surface area contributed by atoms with Crippen molar-refractivity contribution >= 4 is 5.91 Å². The van der Waals surface area contributed by atoms with Gasteiger partial charge >= 0.3 is 0 Å². The summed E-state index contributed by atoms with van der Waals surface area (Å²) in [6, 6.07) is 1.89. The van der Waals surface area contributed by atoms with Crippen LogP contribution in [-0.4, -0.2) is 60.5 Å². The van der Waals surface area contributed by atoms with Crippen molar-refractivity contribution in [2.75, 3.05) is 39.9 Å². The summed E-state index contributed by atoms with van der Waals surface area (Å²) in [5, 5.41) is 7.70. The monoisotopic (exact) mass is 292 g/mol. The van der Waals surface area contributed by atoms with Crippen molar-refractivity contribution in [1.29, 1.82) is 0 Å². The Labute approximate surface area is 125 Å². The normalized spacial score (nSPS) is 24.9. The van der Waals surface area contributed by atoms with Gasteiger partial charge in [0, 0.05) is 38.5 Å². The molecule has 2 fully saturated rings. The predicted molar refractivity (Wildman–Crippen MR) is 78.9 cm³/mol. The number of carbonyl (C=O) groups is 1. The number of piperidine rings is 1. The molecule has 0 saturated carbocycles. The third kappa shape index (κ3) is 2.82. The number of hydrogen-bond donors (Lipinski definition) is 1. The zero-order valence-electron chi connectivity index (χ0n) is 12.6. The lowest BCUT2D eigenvalue weighted by Gasteiger charge is -2.39. The summed E-state index contributed by atoms with van der Waals surface area (Å²) in [4.78, 5) is 15.0. The van der Waals surface area contributed by atoms with Crippen LogP contribution in [0.2, 0.25) is 0 Å². The highest BCUT2D eigenvalue weighted by Crippen LogP contribution is 2.29. The molecule has 0 aliphatic carbocycles. The molecule has 3 rings (SSSR count). The second-order valence-corrected chi connectivity index (χ2v) is 6.15. The van der Waals surface area contributed by atoms with Crippen LogP contribution in [0.15, 0.2) is 18.5 Å². The number of likely N-dealkylation sites (N-methyl/N-ethyl adjacent to an activating group) is 1. The van der Waals surface area contributed by atoms with E-state index in [0.29, 0.717) is 5.92 Å². The highest BCUT2D eigenvalue weighted by atomic mass is 16.5. The van der Waals surface area contributed by atoms with E-state index >= 15 is 0 Å². The molecule has 6 heteroatoms. The molecule has 0 spiro atoms. The lowest BCUT2D eigenvalue weighted by atomic mass is 9.86. The van der Waals surface area contributed by atoms with Crippen LogP contribution in [-0.2, 0) is 15.1 Å². The highest BCUT2D eigenvalue weighted by molar-refractivity contribution is 5.84. The van der Waals surface area contributed by atoms with Crippen LogP contribution in [0.5, 0.6) is 0 Å². The smallest absolute Gasteiger partial charge is 0.250 e. The van der Waals surface area contributed by atoms with Crippen LogP contribution in [0.3, 0.4) is 0 Å². The predicted octanol–water partition coefficient (Wildman–Crippen LogP) is 0.457. The Hall–Kier alpha value is -1.40. The first kappa shape index (κ1) is 14.5. The molecule has 1 N–H and O–H groups in total. The quantitative estimate of drug-likeness (QED) is 0.876. The molecule has 2 aliphatic heterocycles. The maximum absolute atomic E-state index is 13.1. The molecule has 1 aromatic rings. The van der Waals surface area contributed by atoms with E-state index in [4.69, 9.17) is 4.74 Å². The number of aromatic nitrogens is 2. The number of rotatable bonds is 4. The molecule has 21 heavy (non-hydrogen) atoms. The van der Waals surface area contributed by atoms with Crippen LogP contribution in [0.1, 0.15) is 19.3 Å². The van der Waals surface area contributed by atoms with E-state index in [-0.39, 0.29) is 5.91 Å². The summed E-state index contributed by atoms with van der Waals surface area (Å²) in [5.41, 5.74) is -0.525. The molecule has 1 atom stereocenters. The number of hydrogen-bond acceptors (Lipinski definition) is 4. The minimum absolute atomic E-state index is 0.180. The summed E-state index contributed by atoms with van der Waals surface area (Å²) in [7, 11) is 1.91. The molecule has 1 amide bonds. The summed E-state index contributed by atoms with van der Waals surface area (Å²) < 4.78 is 7.27. The van der Waals surface area contributed by atoms with E-state index in [1.807, 2.05) is 28.9 Å². The molecule has 2 saturated heterocycles. The molecule has 3 heterocycles. The van der Waals surface area contributed by atoms with Gasteiger partial charge in [-0.15, -0.1) is 0 Å². The Morgan fingerprint density at radius 3 is 2.95 bits per heavy atom. The first-order chi connectivity index (χ1) is 10.2. The van der Waals surface area contributed by atoms with Crippen molar-refractivity contribution in [3.63, 3.8) is 0 Å². The van der Waals surface area contributed by atoms with Crippen molar-refractivity contribution in [2.45, 2.75) is 24.8 Å². The second kappa shape index (κ2) is 6.15. The fourth-order valence-electron chi connectivity index (χ4n) is 3.46. The molecule has 116 valence electrons. The van der Waals surface area contributed by atoms with Gasteiger partial charge in [0.1, 0.15) is 5.54 Å². The van der Waals surface area contributed by atoms with E-state index in [1.165, 1.54) is 0 Å². The van der Waals surface area contributed by atoms with E-state index in [9.17, 15) is 4.79 Å². The van der Waals surface area contributed by atoms with Crippen molar-refractivity contribution in [2.24, 2.45) is 5.92 Å². The van der Waals surface area contributed by atoms with Gasteiger partial charge in [-0.1, -0.05) is 0 Å². The van der Waals surface area contributed by atoms with E-state index in [1.54, 1.807) is 6.20 Å². The minimum Gasteiger partial charge on any atom is -0.381 e. The molecule has 0 bridgehead atoms. The maximum Gasteiger partial charge on any atom is 0.250 e. The SMILES string of the molecule is CN(CC1CCOC1)C(=O)C1(n2cccn2)CCNCC1. The Morgan fingerprint density at radius 2 is 2.33 bits per heavy atom. The molecule has 6 nitrogen and oxygen atoms in total. The molecule has 2 aliphatic rings. The third-order valence-electron chi connectivity index (χ3n) is 4.67. The van der Waals surface area contributed by atoms with Crippen LogP contribution >= 0.6 is 0 Å². The Balaban J connectivity index is 1.77. The fourth-order valence-corrected chi connectivity index (χ4v) is 3.46. The van der Waals surface area contributed by atoms with Gasteiger partial charge in [0.25, 0.3) is 0 Å². The standard InChI is InChI=1S/C15H24N4O2/c1-18(11-13-3-10-21-12-13)14(20)15(4-7-16-8-5-15)19-9-2-6-17-19/h2,6,9,13,16H,3-5,7-8,10-12H2,1H3. The van der Waals surface area contributed by atoms with Gasteiger partial charge in [-0.2, -0.15) is 5.10 Å². The van der Waals surface area contributed by atoms with Crippen molar-refractivity contribution in [3.8, 4) is 0 Å². The molecule has 1 aromatic heterocycles. The van der Waals surface area contributed by atoms with Crippen LogP contribution in [0, 0.1) is 5.92 Å². The van der Waals surface area contributed by atoms with E-state index < -0.39 is 5.54 Å². The molecule has 0 aromatic carbocycles. The van der Waals surface area contributed by atoms with Gasteiger partial charge in [-0.05, 0) is 38.4 Å². The van der Waals surface area contributed by atoms with Crippen molar-refractivity contribution in [3.05, 3.63) is 18.5 Å². The van der Waals surface area contributed by atoms with Gasteiger partial charge in [0.15, 0.2) is 0 Å². The van der Waals surface area contributed by atoms with Gasteiger partial charge in [-0.3, -0.25) is 9.48 Å². The highest BCUT2D eigenvalue weighted by Gasteiger charge is 2.43. The van der Waals surface area contributed by atoms with Gasteiger partial charge in [0.2, 0.25) is 5.91 Å². The summed E-state index contributed by atoms with van der Waals surface area (Å²) >= 11 is 0. The Bertz CT molecular complexity index is 462. The second-order valence-electron chi connectivity index (χ2n) is 6.15. The lowest BCUT2D eigenvalue weighted by Crippen LogP contribution is -2.55. The summed E-state index contributed by atoms with van der Waals surface area (Å²) in [5.74, 6) is 0.648. The lowest BCUT2D eigenvalue weighted by molar-refractivity contribution is -0.142. The summed E-state index contributed by atoms with van der Waals surface area (Å²) in [6.07, 6.45) is 6.30. The molecule has 1 unspecified atom stereocenters.